The molecular formula is C14H22N4O2. The molecule has 1 aromatic heterocycles. The van der Waals surface area contributed by atoms with Gasteiger partial charge in [-0.15, -0.1) is 0 Å². The van der Waals surface area contributed by atoms with Gasteiger partial charge in [0.15, 0.2) is 5.60 Å². The molecule has 0 spiro atoms. The van der Waals surface area contributed by atoms with E-state index in [2.05, 4.69) is 20.5 Å². The Balaban J connectivity index is 2.08. The third-order valence-electron chi connectivity index (χ3n) is 3.58. The van der Waals surface area contributed by atoms with Crippen molar-refractivity contribution in [2.45, 2.75) is 19.1 Å². The average molecular weight is 278 g/mol. The first kappa shape index (κ1) is 14.7. The van der Waals surface area contributed by atoms with Crippen LogP contribution in [0, 0.1) is 0 Å². The molecule has 110 valence electrons. The Morgan fingerprint density at radius 1 is 1.55 bits per heavy atom. The summed E-state index contributed by atoms with van der Waals surface area (Å²) in [6.45, 7) is 4.52. The maximum Gasteiger partial charge on any atom is 0.253 e. The van der Waals surface area contributed by atoms with Crippen LogP contribution in [0.3, 0.4) is 0 Å². The van der Waals surface area contributed by atoms with Crippen LogP contribution in [0.25, 0.3) is 0 Å². The molecule has 0 unspecified atom stereocenters. The van der Waals surface area contributed by atoms with E-state index in [9.17, 15) is 4.79 Å². The number of hydrogen-bond donors (Lipinski definition) is 2. The number of rotatable bonds is 4. The normalized spacial score (nSPS) is 23.4. The van der Waals surface area contributed by atoms with E-state index in [1.165, 1.54) is 0 Å². The molecule has 1 aliphatic heterocycles. The smallest absolute Gasteiger partial charge is 0.253 e. The van der Waals surface area contributed by atoms with Crippen molar-refractivity contribution in [3.8, 4) is 0 Å². The third kappa shape index (κ3) is 3.08. The molecule has 6 nitrogen and oxygen atoms in total. The van der Waals surface area contributed by atoms with Crippen molar-refractivity contribution in [1.29, 1.82) is 0 Å². The first-order valence-corrected chi connectivity index (χ1v) is 6.79. The summed E-state index contributed by atoms with van der Waals surface area (Å²) in [7, 11) is 3.50. The number of anilines is 1. The number of hydrogen-bond acceptors (Lipinski definition) is 5. The summed E-state index contributed by atoms with van der Waals surface area (Å²) in [5.74, 6) is 0.794. The number of likely N-dealkylation sites (N-methyl/N-ethyl adjacent to an activating group) is 1. The molecule has 1 aromatic rings. The van der Waals surface area contributed by atoms with Crippen LogP contribution < -0.4 is 10.6 Å². The minimum atomic E-state index is -0.783. The molecule has 1 fully saturated rings. The van der Waals surface area contributed by atoms with Crippen LogP contribution in [0.2, 0.25) is 0 Å². The van der Waals surface area contributed by atoms with Gasteiger partial charge in [0.05, 0.1) is 6.61 Å². The SMILES string of the molecule is CNC(=O)[C@@]1(C)CN(Cc2cccnc2NC)CCO1. The van der Waals surface area contributed by atoms with Crippen LogP contribution in [-0.2, 0) is 16.1 Å². The summed E-state index contributed by atoms with van der Waals surface area (Å²) in [6.07, 6.45) is 1.77. The van der Waals surface area contributed by atoms with Gasteiger partial charge in [-0.1, -0.05) is 6.07 Å². The molecule has 1 atom stereocenters. The topological polar surface area (TPSA) is 66.5 Å². The minimum absolute atomic E-state index is 0.0813. The summed E-state index contributed by atoms with van der Waals surface area (Å²) in [6, 6.07) is 3.97. The second kappa shape index (κ2) is 6.19. The highest BCUT2D eigenvalue weighted by Gasteiger charge is 2.38. The zero-order valence-electron chi connectivity index (χ0n) is 12.3. The third-order valence-corrected chi connectivity index (χ3v) is 3.58. The van der Waals surface area contributed by atoms with E-state index < -0.39 is 5.60 Å². The van der Waals surface area contributed by atoms with Crippen molar-refractivity contribution < 1.29 is 9.53 Å². The number of ether oxygens (including phenoxy) is 1. The lowest BCUT2D eigenvalue weighted by Gasteiger charge is -2.39. The standard InChI is InChI=1S/C14H22N4O2/c1-14(13(19)16-3)10-18(7-8-20-14)9-11-5-4-6-17-12(11)15-2/h4-6H,7-10H2,1-3H3,(H,15,17)(H,16,19)/t14-/m1/s1. The van der Waals surface area contributed by atoms with Crippen molar-refractivity contribution in [2.24, 2.45) is 0 Å². The highest BCUT2D eigenvalue weighted by molar-refractivity contribution is 5.84. The van der Waals surface area contributed by atoms with Gasteiger partial charge >= 0.3 is 0 Å². The lowest BCUT2D eigenvalue weighted by Crippen LogP contribution is -2.57. The highest BCUT2D eigenvalue weighted by atomic mass is 16.5. The molecule has 2 rings (SSSR count). The van der Waals surface area contributed by atoms with Crippen molar-refractivity contribution >= 4 is 11.7 Å². The number of pyridine rings is 1. The number of carbonyl (C=O) groups excluding carboxylic acids is 1. The minimum Gasteiger partial charge on any atom is -0.373 e. The fraction of sp³-hybridized carbons (Fsp3) is 0.571. The van der Waals surface area contributed by atoms with Gasteiger partial charge in [0.1, 0.15) is 5.82 Å². The van der Waals surface area contributed by atoms with E-state index in [0.29, 0.717) is 13.2 Å². The van der Waals surface area contributed by atoms with Gasteiger partial charge in [0.2, 0.25) is 0 Å². The molecule has 1 amide bonds. The largest absolute Gasteiger partial charge is 0.373 e. The van der Waals surface area contributed by atoms with E-state index in [-0.39, 0.29) is 5.91 Å². The van der Waals surface area contributed by atoms with Crippen LogP contribution in [0.4, 0.5) is 5.82 Å². The number of amides is 1. The summed E-state index contributed by atoms with van der Waals surface area (Å²) in [5.41, 5.74) is 0.339. The molecule has 1 aliphatic rings. The molecule has 2 N–H and O–H groups in total. The van der Waals surface area contributed by atoms with Crippen LogP contribution in [-0.4, -0.2) is 55.2 Å². The summed E-state index contributed by atoms with van der Waals surface area (Å²) in [4.78, 5) is 18.4. The van der Waals surface area contributed by atoms with Gasteiger partial charge in [-0.3, -0.25) is 9.69 Å². The first-order chi connectivity index (χ1) is 9.59. The second-order valence-corrected chi connectivity index (χ2v) is 5.13. The summed E-state index contributed by atoms with van der Waals surface area (Å²) >= 11 is 0. The molecule has 0 radical (unpaired) electrons. The predicted molar refractivity (Wildman–Crippen MR) is 77.5 cm³/mol. The fourth-order valence-corrected chi connectivity index (χ4v) is 2.52. The number of morpholine rings is 1. The maximum absolute atomic E-state index is 11.9. The Kier molecular flexibility index (Phi) is 4.57. The van der Waals surface area contributed by atoms with E-state index in [4.69, 9.17) is 4.74 Å². The van der Waals surface area contributed by atoms with Crippen molar-refractivity contribution in [2.75, 3.05) is 39.1 Å². The summed E-state index contributed by atoms with van der Waals surface area (Å²) < 4.78 is 5.66. The van der Waals surface area contributed by atoms with Gasteiger partial charge in [-0.25, -0.2) is 4.98 Å². The fourth-order valence-electron chi connectivity index (χ4n) is 2.52. The quantitative estimate of drug-likeness (QED) is 0.837. The molecule has 6 heteroatoms. The van der Waals surface area contributed by atoms with Gasteiger partial charge < -0.3 is 15.4 Å². The molecule has 0 saturated carbocycles. The molecule has 0 aliphatic carbocycles. The molecule has 20 heavy (non-hydrogen) atoms. The van der Waals surface area contributed by atoms with Crippen molar-refractivity contribution in [3.63, 3.8) is 0 Å². The summed E-state index contributed by atoms with van der Waals surface area (Å²) in [5, 5.41) is 5.76. The lowest BCUT2D eigenvalue weighted by atomic mass is 10.0. The van der Waals surface area contributed by atoms with Crippen LogP contribution >= 0.6 is 0 Å². The van der Waals surface area contributed by atoms with E-state index in [1.54, 1.807) is 13.2 Å². The van der Waals surface area contributed by atoms with Crippen LogP contribution in [0.1, 0.15) is 12.5 Å². The Morgan fingerprint density at radius 2 is 2.35 bits per heavy atom. The maximum atomic E-state index is 11.9. The zero-order valence-corrected chi connectivity index (χ0v) is 12.3. The van der Waals surface area contributed by atoms with E-state index >= 15 is 0 Å². The molecule has 1 saturated heterocycles. The first-order valence-electron chi connectivity index (χ1n) is 6.79. The number of aromatic nitrogens is 1. The van der Waals surface area contributed by atoms with Crippen LogP contribution in [0.5, 0.6) is 0 Å². The number of nitrogens with one attached hydrogen (secondary N) is 2. The van der Waals surface area contributed by atoms with Crippen molar-refractivity contribution in [3.05, 3.63) is 23.9 Å². The van der Waals surface area contributed by atoms with Gasteiger partial charge in [-0.2, -0.15) is 0 Å². The predicted octanol–water partition coefficient (Wildman–Crippen LogP) is 0.460. The van der Waals surface area contributed by atoms with Crippen LogP contribution in [0.15, 0.2) is 18.3 Å². The number of carbonyl (C=O) groups is 1. The van der Waals surface area contributed by atoms with E-state index in [0.717, 1.165) is 24.5 Å². The number of nitrogens with zero attached hydrogens (tertiary/aromatic N) is 2. The second-order valence-electron chi connectivity index (χ2n) is 5.13. The monoisotopic (exact) mass is 278 g/mol. The molecule has 0 bridgehead atoms. The van der Waals surface area contributed by atoms with Crippen molar-refractivity contribution in [1.82, 2.24) is 15.2 Å². The zero-order chi connectivity index (χ0) is 14.6. The molecular weight excluding hydrogens is 256 g/mol. The molecule has 0 aromatic carbocycles. The Morgan fingerprint density at radius 3 is 3.05 bits per heavy atom. The lowest BCUT2D eigenvalue weighted by molar-refractivity contribution is -0.156. The Bertz CT molecular complexity index is 480. The van der Waals surface area contributed by atoms with Gasteiger partial charge in [-0.05, 0) is 13.0 Å². The Hall–Kier alpha value is -1.66. The highest BCUT2D eigenvalue weighted by Crippen LogP contribution is 2.21. The van der Waals surface area contributed by atoms with E-state index in [1.807, 2.05) is 26.1 Å². The van der Waals surface area contributed by atoms with Gasteiger partial charge in [0, 0.05) is 45.5 Å². The average Bonchev–Trinajstić information content (AvgIpc) is 2.47. The Labute approximate surface area is 119 Å². The molecule has 2 heterocycles. The van der Waals surface area contributed by atoms with Gasteiger partial charge in [0.25, 0.3) is 5.91 Å².